The van der Waals surface area contributed by atoms with Crippen LogP contribution in [0.25, 0.3) is 0 Å². The Morgan fingerprint density at radius 3 is 2.56 bits per heavy atom. The molecular weight excluding hydrogens is 352 g/mol. The molecule has 0 bridgehead atoms. The molecule has 1 heterocycles. The molecule has 27 heavy (non-hydrogen) atoms. The van der Waals surface area contributed by atoms with Crippen LogP contribution in [0.3, 0.4) is 0 Å². The summed E-state index contributed by atoms with van der Waals surface area (Å²) in [5.74, 6) is -2.87. The molecule has 1 aromatic carbocycles. The van der Waals surface area contributed by atoms with Gasteiger partial charge in [0, 0.05) is 23.5 Å². The topological polar surface area (TPSA) is 124 Å². The lowest BCUT2D eigenvalue weighted by Crippen LogP contribution is -2.50. The molecule has 4 rings (SSSR count). The van der Waals surface area contributed by atoms with Crippen LogP contribution in [0.15, 0.2) is 35.1 Å². The van der Waals surface area contributed by atoms with Crippen LogP contribution >= 0.6 is 0 Å². The minimum Gasteiger partial charge on any atom is -0.508 e. The minimum absolute atomic E-state index is 0.0802. The molecule has 0 aromatic heterocycles. The summed E-state index contributed by atoms with van der Waals surface area (Å²) in [5.41, 5.74) is -0.580. The molecule has 0 radical (unpaired) electrons. The molecule has 4 N–H and O–H groups in total. The monoisotopic (exact) mass is 372 g/mol. The molecule has 3 aliphatic rings. The summed E-state index contributed by atoms with van der Waals surface area (Å²) >= 11 is 0. The first-order chi connectivity index (χ1) is 12.7. The van der Waals surface area contributed by atoms with Crippen molar-refractivity contribution in [3.05, 3.63) is 46.2 Å². The summed E-state index contributed by atoms with van der Waals surface area (Å²) in [6.07, 6.45) is 1.06. The summed E-state index contributed by atoms with van der Waals surface area (Å²) < 4.78 is 5.92. The first-order valence-corrected chi connectivity index (χ1v) is 8.73. The van der Waals surface area contributed by atoms with Crippen LogP contribution in [0.4, 0.5) is 0 Å². The maximum Gasteiger partial charge on any atom is 0.232 e. The van der Waals surface area contributed by atoms with E-state index in [-0.39, 0.29) is 47.2 Å². The molecule has 0 fully saturated rings. The van der Waals surface area contributed by atoms with Gasteiger partial charge in [-0.25, -0.2) is 0 Å². The van der Waals surface area contributed by atoms with Gasteiger partial charge in [0.1, 0.15) is 17.1 Å². The molecule has 0 amide bonds. The third-order valence-electron chi connectivity index (χ3n) is 5.78. The highest BCUT2D eigenvalue weighted by molar-refractivity contribution is 6.27. The number of hydrogen-bond donors (Lipinski definition) is 4. The van der Waals surface area contributed by atoms with Crippen molar-refractivity contribution in [1.82, 2.24) is 0 Å². The number of allylic oxidation sites excluding steroid dienone is 3. The number of ketones is 2. The van der Waals surface area contributed by atoms with E-state index in [9.17, 15) is 30.0 Å². The minimum atomic E-state index is -0.851. The van der Waals surface area contributed by atoms with E-state index in [1.807, 2.05) is 0 Å². The van der Waals surface area contributed by atoms with Crippen molar-refractivity contribution in [3.63, 3.8) is 0 Å². The Morgan fingerprint density at radius 2 is 1.89 bits per heavy atom. The van der Waals surface area contributed by atoms with Gasteiger partial charge in [0.15, 0.2) is 11.5 Å². The molecule has 3 atom stereocenters. The molecule has 2 aliphatic carbocycles. The number of Topliss-reactive ketones (excluding diaryl/α,β-unsaturated/α-hetero) is 2. The largest absolute Gasteiger partial charge is 0.508 e. The summed E-state index contributed by atoms with van der Waals surface area (Å²) in [5, 5.41) is 39.7. The van der Waals surface area contributed by atoms with Crippen LogP contribution in [-0.4, -0.2) is 50.3 Å². The average Bonchev–Trinajstić information content (AvgIpc) is 2.58. The van der Waals surface area contributed by atoms with E-state index in [1.165, 1.54) is 0 Å². The molecule has 0 spiro atoms. The summed E-state index contributed by atoms with van der Waals surface area (Å²) in [7, 11) is 0. The van der Waals surface area contributed by atoms with Crippen LogP contribution in [0.1, 0.15) is 41.0 Å². The number of carbonyl (C=O) groups excluding carboxylic acids is 2. The summed E-state index contributed by atoms with van der Waals surface area (Å²) in [4.78, 5) is 26.2. The first kappa shape index (κ1) is 17.8. The smallest absolute Gasteiger partial charge is 0.232 e. The van der Waals surface area contributed by atoms with E-state index < -0.39 is 34.9 Å². The number of phenols is 2. The maximum atomic E-state index is 13.2. The highest BCUT2D eigenvalue weighted by Gasteiger charge is 2.52. The van der Waals surface area contributed by atoms with Crippen molar-refractivity contribution in [1.29, 1.82) is 0 Å². The fourth-order valence-corrected chi connectivity index (χ4v) is 4.41. The number of ether oxygens (including phenoxy) is 1. The van der Waals surface area contributed by atoms with Crippen molar-refractivity contribution in [3.8, 4) is 11.5 Å². The van der Waals surface area contributed by atoms with Gasteiger partial charge in [0.25, 0.3) is 0 Å². The normalized spacial score (nSPS) is 28.7. The van der Waals surface area contributed by atoms with E-state index in [1.54, 1.807) is 19.9 Å². The van der Waals surface area contributed by atoms with Crippen LogP contribution < -0.4 is 0 Å². The van der Waals surface area contributed by atoms with E-state index in [0.29, 0.717) is 5.57 Å². The summed E-state index contributed by atoms with van der Waals surface area (Å²) in [6.45, 7) is 3.21. The van der Waals surface area contributed by atoms with Crippen LogP contribution in [0.5, 0.6) is 11.5 Å². The Morgan fingerprint density at radius 1 is 1.19 bits per heavy atom. The van der Waals surface area contributed by atoms with Gasteiger partial charge in [0.2, 0.25) is 5.78 Å². The zero-order chi connectivity index (χ0) is 19.7. The number of aliphatic hydroxyl groups excluding tert-OH is 2. The zero-order valence-corrected chi connectivity index (χ0v) is 14.9. The Kier molecular flexibility index (Phi) is 3.73. The van der Waals surface area contributed by atoms with E-state index in [0.717, 1.165) is 12.1 Å². The lowest BCUT2D eigenvalue weighted by Gasteiger charge is -2.48. The van der Waals surface area contributed by atoms with Crippen molar-refractivity contribution in [2.45, 2.75) is 32.0 Å². The molecule has 0 saturated carbocycles. The van der Waals surface area contributed by atoms with Gasteiger partial charge in [-0.05, 0) is 31.9 Å². The van der Waals surface area contributed by atoms with Gasteiger partial charge in [-0.1, -0.05) is 6.08 Å². The number of fused-ring (bicyclic) bond motifs is 3. The van der Waals surface area contributed by atoms with Crippen LogP contribution in [0.2, 0.25) is 0 Å². The maximum absolute atomic E-state index is 13.2. The number of rotatable bonds is 1. The van der Waals surface area contributed by atoms with Crippen molar-refractivity contribution < 1.29 is 34.8 Å². The average molecular weight is 372 g/mol. The standard InChI is InChI=1S/C20H20O7/c1-20(2)12-6-13(23)8(7-21)3-10(12)16-17(25)11-4-9(22)5-14(24)15(11)18(26)19(16)27-20/h3-5,10,12-13,21-24H,6-7H2,1-2H3/t10-,12+,13+/m1/s1. The Balaban J connectivity index is 1.95. The van der Waals surface area contributed by atoms with Gasteiger partial charge >= 0.3 is 0 Å². The zero-order valence-electron chi connectivity index (χ0n) is 14.9. The number of phenolic OH excluding ortho intramolecular Hbond substituents is 2. The van der Waals surface area contributed by atoms with Crippen molar-refractivity contribution >= 4 is 11.6 Å². The predicted octanol–water partition coefficient (Wildman–Crippen LogP) is 1.46. The van der Waals surface area contributed by atoms with Gasteiger partial charge in [-0.15, -0.1) is 0 Å². The third-order valence-corrected chi connectivity index (χ3v) is 5.78. The molecule has 7 heteroatoms. The lowest BCUT2D eigenvalue weighted by molar-refractivity contribution is -0.0624. The van der Waals surface area contributed by atoms with Gasteiger partial charge < -0.3 is 25.2 Å². The fraction of sp³-hybridized carbons (Fsp3) is 0.400. The highest BCUT2D eigenvalue weighted by Crippen LogP contribution is 2.51. The second kappa shape index (κ2) is 5.68. The second-order valence-electron chi connectivity index (χ2n) is 7.78. The molecule has 1 aromatic rings. The Labute approximate surface area is 155 Å². The van der Waals surface area contributed by atoms with E-state index >= 15 is 0 Å². The number of carbonyl (C=O) groups is 2. The number of aliphatic hydroxyl groups is 2. The summed E-state index contributed by atoms with van der Waals surface area (Å²) in [6, 6.07) is 2.16. The van der Waals surface area contributed by atoms with Gasteiger partial charge in [0.05, 0.1) is 23.8 Å². The number of hydrogen-bond acceptors (Lipinski definition) is 7. The SMILES string of the molecule is CC1(C)OC2=C(C(=O)c3cc(O)cc(O)c3C2=O)[C@@H]2C=C(CO)[C@@H](O)C[C@@H]21. The molecule has 0 saturated heterocycles. The molecule has 0 unspecified atom stereocenters. The van der Waals surface area contributed by atoms with Gasteiger partial charge in [-0.3, -0.25) is 9.59 Å². The predicted molar refractivity (Wildman–Crippen MR) is 93.4 cm³/mol. The molecule has 1 aliphatic heterocycles. The number of aromatic hydroxyl groups is 2. The van der Waals surface area contributed by atoms with Crippen molar-refractivity contribution in [2.75, 3.05) is 6.61 Å². The van der Waals surface area contributed by atoms with Crippen LogP contribution in [-0.2, 0) is 4.74 Å². The molecular formula is C20H20O7. The van der Waals surface area contributed by atoms with Gasteiger partial charge in [-0.2, -0.15) is 0 Å². The fourth-order valence-electron chi connectivity index (χ4n) is 4.41. The highest BCUT2D eigenvalue weighted by atomic mass is 16.5. The number of benzene rings is 1. The Hall–Kier alpha value is -2.64. The lowest BCUT2D eigenvalue weighted by atomic mass is 9.64. The first-order valence-electron chi connectivity index (χ1n) is 8.73. The second-order valence-corrected chi connectivity index (χ2v) is 7.78. The molecule has 7 nitrogen and oxygen atoms in total. The van der Waals surface area contributed by atoms with Crippen LogP contribution in [0, 0.1) is 11.8 Å². The molecule has 142 valence electrons. The van der Waals surface area contributed by atoms with Crippen molar-refractivity contribution in [2.24, 2.45) is 11.8 Å². The van der Waals surface area contributed by atoms with E-state index in [2.05, 4.69) is 0 Å². The third kappa shape index (κ3) is 2.42. The van der Waals surface area contributed by atoms with E-state index in [4.69, 9.17) is 4.74 Å². The quantitative estimate of drug-likeness (QED) is 0.550. The Bertz CT molecular complexity index is 938.